The summed E-state index contributed by atoms with van der Waals surface area (Å²) in [7, 11) is 2.34. The van der Waals surface area contributed by atoms with Gasteiger partial charge in [-0.3, -0.25) is 0 Å². The predicted octanol–water partition coefficient (Wildman–Crippen LogP) is 3.81. The van der Waals surface area contributed by atoms with E-state index in [2.05, 4.69) is 24.2 Å². The molecule has 2 unspecified atom stereocenters. The van der Waals surface area contributed by atoms with E-state index in [0.29, 0.717) is 0 Å². The Balaban J connectivity index is 1.63. The standard InChI is InChI=1S/C17H34N2/c1-15-9-7-8-12-17(15)18-13-14-19(2)16-10-5-3-4-6-11-16/h15-18H,3-14H2,1-2H3. The van der Waals surface area contributed by atoms with Crippen LogP contribution in [0, 0.1) is 5.92 Å². The molecule has 2 nitrogen and oxygen atoms in total. The van der Waals surface area contributed by atoms with E-state index in [9.17, 15) is 0 Å². The molecule has 0 aliphatic heterocycles. The number of rotatable bonds is 5. The van der Waals surface area contributed by atoms with Gasteiger partial charge in [-0.15, -0.1) is 0 Å². The molecular formula is C17H34N2. The summed E-state index contributed by atoms with van der Waals surface area (Å²) in [5.74, 6) is 0.886. The SMILES string of the molecule is CC1CCCCC1NCCN(C)C1CCCCCC1. The molecule has 2 fully saturated rings. The van der Waals surface area contributed by atoms with Crippen LogP contribution in [0.4, 0.5) is 0 Å². The maximum absolute atomic E-state index is 3.82. The van der Waals surface area contributed by atoms with E-state index in [1.807, 2.05) is 0 Å². The monoisotopic (exact) mass is 266 g/mol. The van der Waals surface area contributed by atoms with Gasteiger partial charge < -0.3 is 10.2 Å². The maximum Gasteiger partial charge on any atom is 0.0107 e. The minimum atomic E-state index is 0.788. The fraction of sp³-hybridized carbons (Fsp3) is 1.00. The lowest BCUT2D eigenvalue weighted by Crippen LogP contribution is -2.43. The van der Waals surface area contributed by atoms with Gasteiger partial charge in [0.2, 0.25) is 0 Å². The first kappa shape index (κ1) is 15.3. The van der Waals surface area contributed by atoms with Gasteiger partial charge >= 0.3 is 0 Å². The first-order valence-corrected chi connectivity index (χ1v) is 8.71. The molecule has 0 aromatic heterocycles. The molecule has 0 radical (unpaired) electrons. The van der Waals surface area contributed by atoms with Crippen LogP contribution in [0.3, 0.4) is 0 Å². The number of likely N-dealkylation sites (N-methyl/N-ethyl adjacent to an activating group) is 1. The summed E-state index contributed by atoms with van der Waals surface area (Å²) < 4.78 is 0. The van der Waals surface area contributed by atoms with Crippen LogP contribution in [0.15, 0.2) is 0 Å². The van der Waals surface area contributed by atoms with Crippen molar-refractivity contribution in [2.45, 2.75) is 83.2 Å². The Morgan fingerprint density at radius 3 is 2.21 bits per heavy atom. The normalized spacial score (nSPS) is 30.5. The number of nitrogens with zero attached hydrogens (tertiary/aromatic N) is 1. The summed E-state index contributed by atoms with van der Waals surface area (Å²) in [6.45, 7) is 4.84. The Morgan fingerprint density at radius 1 is 0.895 bits per heavy atom. The van der Waals surface area contributed by atoms with Crippen LogP contribution in [0.2, 0.25) is 0 Å². The molecule has 2 aliphatic carbocycles. The molecule has 2 rings (SSSR count). The molecule has 0 aromatic rings. The molecule has 0 amide bonds. The van der Waals surface area contributed by atoms with Crippen molar-refractivity contribution in [3.8, 4) is 0 Å². The summed E-state index contributed by atoms with van der Waals surface area (Å²) in [6, 6.07) is 1.64. The van der Waals surface area contributed by atoms with Gasteiger partial charge in [-0.1, -0.05) is 45.4 Å². The third kappa shape index (κ3) is 5.07. The van der Waals surface area contributed by atoms with Crippen LogP contribution in [0.1, 0.15) is 71.1 Å². The molecule has 0 saturated heterocycles. The average molecular weight is 266 g/mol. The minimum absolute atomic E-state index is 0.788. The summed E-state index contributed by atoms with van der Waals surface area (Å²) >= 11 is 0. The molecule has 0 heterocycles. The van der Waals surface area contributed by atoms with Crippen LogP contribution in [0.25, 0.3) is 0 Å². The molecule has 112 valence electrons. The summed E-state index contributed by atoms with van der Waals surface area (Å²) in [6.07, 6.45) is 14.4. The molecule has 0 bridgehead atoms. The predicted molar refractivity (Wildman–Crippen MR) is 83.5 cm³/mol. The highest BCUT2D eigenvalue weighted by Crippen LogP contribution is 2.24. The highest BCUT2D eigenvalue weighted by Gasteiger charge is 2.21. The molecule has 2 saturated carbocycles. The van der Waals surface area contributed by atoms with Gasteiger partial charge in [0.05, 0.1) is 0 Å². The van der Waals surface area contributed by atoms with Gasteiger partial charge in [-0.05, 0) is 38.6 Å². The number of hydrogen-bond acceptors (Lipinski definition) is 2. The smallest absolute Gasteiger partial charge is 0.0107 e. The Hall–Kier alpha value is -0.0800. The van der Waals surface area contributed by atoms with Gasteiger partial charge in [-0.25, -0.2) is 0 Å². The van der Waals surface area contributed by atoms with Crippen LogP contribution < -0.4 is 5.32 Å². The summed E-state index contributed by atoms with van der Waals surface area (Å²) in [5.41, 5.74) is 0. The Morgan fingerprint density at radius 2 is 1.53 bits per heavy atom. The van der Waals surface area contributed by atoms with E-state index in [-0.39, 0.29) is 0 Å². The third-order valence-electron chi connectivity index (χ3n) is 5.43. The van der Waals surface area contributed by atoms with Crippen molar-refractivity contribution >= 4 is 0 Å². The fourth-order valence-corrected chi connectivity index (χ4v) is 3.93. The Bertz CT molecular complexity index is 233. The van der Waals surface area contributed by atoms with E-state index >= 15 is 0 Å². The largest absolute Gasteiger partial charge is 0.312 e. The van der Waals surface area contributed by atoms with E-state index in [1.165, 1.54) is 77.3 Å². The molecule has 2 aliphatic rings. The van der Waals surface area contributed by atoms with Gasteiger partial charge in [0, 0.05) is 25.2 Å². The van der Waals surface area contributed by atoms with Crippen LogP contribution >= 0.6 is 0 Å². The van der Waals surface area contributed by atoms with Crippen molar-refractivity contribution in [2.75, 3.05) is 20.1 Å². The topological polar surface area (TPSA) is 15.3 Å². The first-order chi connectivity index (χ1) is 9.27. The molecule has 0 spiro atoms. The lowest BCUT2D eigenvalue weighted by Gasteiger charge is -2.32. The lowest BCUT2D eigenvalue weighted by molar-refractivity contribution is 0.207. The molecule has 2 atom stereocenters. The molecule has 0 aromatic carbocycles. The van der Waals surface area contributed by atoms with Crippen LogP contribution in [-0.2, 0) is 0 Å². The average Bonchev–Trinajstić information content (AvgIpc) is 2.70. The molecule has 2 heteroatoms. The van der Waals surface area contributed by atoms with Crippen molar-refractivity contribution in [1.29, 1.82) is 0 Å². The van der Waals surface area contributed by atoms with Crippen molar-refractivity contribution in [3.05, 3.63) is 0 Å². The van der Waals surface area contributed by atoms with Crippen molar-refractivity contribution in [1.82, 2.24) is 10.2 Å². The second-order valence-corrected chi connectivity index (χ2v) is 6.95. The van der Waals surface area contributed by atoms with E-state index < -0.39 is 0 Å². The molecule has 1 N–H and O–H groups in total. The first-order valence-electron chi connectivity index (χ1n) is 8.71. The number of hydrogen-bond donors (Lipinski definition) is 1. The van der Waals surface area contributed by atoms with Crippen LogP contribution in [-0.4, -0.2) is 37.1 Å². The van der Waals surface area contributed by atoms with Gasteiger partial charge in [-0.2, -0.15) is 0 Å². The van der Waals surface area contributed by atoms with E-state index in [0.717, 1.165) is 18.0 Å². The molecular weight excluding hydrogens is 232 g/mol. The Kier molecular flexibility index (Phi) is 6.66. The fourth-order valence-electron chi connectivity index (χ4n) is 3.93. The maximum atomic E-state index is 3.82. The van der Waals surface area contributed by atoms with Gasteiger partial charge in [0.1, 0.15) is 0 Å². The second-order valence-electron chi connectivity index (χ2n) is 6.95. The second kappa shape index (κ2) is 8.26. The zero-order chi connectivity index (χ0) is 13.5. The van der Waals surface area contributed by atoms with Crippen LogP contribution in [0.5, 0.6) is 0 Å². The van der Waals surface area contributed by atoms with Gasteiger partial charge in [0.15, 0.2) is 0 Å². The minimum Gasteiger partial charge on any atom is -0.312 e. The van der Waals surface area contributed by atoms with Gasteiger partial charge in [0.25, 0.3) is 0 Å². The number of nitrogens with one attached hydrogen (secondary N) is 1. The zero-order valence-electron chi connectivity index (χ0n) is 13.2. The lowest BCUT2D eigenvalue weighted by atomic mass is 9.86. The van der Waals surface area contributed by atoms with E-state index in [4.69, 9.17) is 0 Å². The van der Waals surface area contributed by atoms with Crippen molar-refractivity contribution < 1.29 is 0 Å². The van der Waals surface area contributed by atoms with Crippen molar-refractivity contribution in [2.24, 2.45) is 5.92 Å². The van der Waals surface area contributed by atoms with E-state index in [1.54, 1.807) is 0 Å². The highest BCUT2D eigenvalue weighted by atomic mass is 15.1. The van der Waals surface area contributed by atoms with Crippen molar-refractivity contribution in [3.63, 3.8) is 0 Å². The quantitative estimate of drug-likeness (QED) is 0.761. The third-order valence-corrected chi connectivity index (χ3v) is 5.43. The summed E-state index contributed by atoms with van der Waals surface area (Å²) in [5, 5.41) is 3.82. The highest BCUT2D eigenvalue weighted by molar-refractivity contribution is 4.79. The molecule has 19 heavy (non-hydrogen) atoms. The summed E-state index contributed by atoms with van der Waals surface area (Å²) in [4.78, 5) is 2.62. The zero-order valence-corrected chi connectivity index (χ0v) is 13.2. The Labute approximate surface area is 120 Å².